The van der Waals surface area contributed by atoms with Gasteiger partial charge in [-0.15, -0.1) is 0 Å². The van der Waals surface area contributed by atoms with Crippen molar-refractivity contribution < 1.29 is 28.5 Å². The summed E-state index contributed by atoms with van der Waals surface area (Å²) >= 11 is 0. The van der Waals surface area contributed by atoms with E-state index in [1.54, 1.807) is 0 Å². The summed E-state index contributed by atoms with van der Waals surface area (Å²) in [5.41, 5.74) is 4.31. The Morgan fingerprint density at radius 3 is 2.40 bits per heavy atom. The number of aryl methyl sites for hydroxylation is 1. The van der Waals surface area contributed by atoms with E-state index in [0.717, 1.165) is 60.4 Å². The van der Waals surface area contributed by atoms with Gasteiger partial charge in [-0.3, -0.25) is 9.78 Å². The molecule has 2 atom stereocenters. The molecule has 0 spiro atoms. The third-order valence-electron chi connectivity index (χ3n) is 7.20. The molecule has 3 aromatic rings. The van der Waals surface area contributed by atoms with Crippen molar-refractivity contribution in [1.82, 2.24) is 10.3 Å². The van der Waals surface area contributed by atoms with Gasteiger partial charge in [-0.05, 0) is 116 Å². The number of carbonyl (C=O) groups excluding carboxylic acids is 2. The van der Waals surface area contributed by atoms with Crippen LogP contribution in [-0.2, 0) is 38.5 Å². The van der Waals surface area contributed by atoms with Gasteiger partial charge in [0.05, 0.1) is 30.0 Å². The number of benzene rings is 2. The van der Waals surface area contributed by atoms with Crippen LogP contribution in [0.4, 0.5) is 4.79 Å². The number of pyridine rings is 1. The standard InChI is InChI=1S/C37H48N2O6/c1-25(38-35(41)45-37(5,6)7)31-14-10-15-32(39-31)29-21-26(17-18-30-13-11-19-42-30)20-27(22-29)24-43-33-16-9-8-12-28(33)23-34(40)44-36(2,3)4/h8-10,12,14-16,20-22,25,30H,11,13,17-19,23-24H2,1-7H3,(H,38,41)/t25-,30-/m1/s1. The zero-order valence-electron chi connectivity index (χ0n) is 27.8. The van der Waals surface area contributed by atoms with Crippen LogP contribution in [0.25, 0.3) is 11.3 Å². The quantitative estimate of drug-likeness (QED) is 0.219. The lowest BCUT2D eigenvalue weighted by molar-refractivity contribution is -0.153. The second-order valence-corrected chi connectivity index (χ2v) is 13.7. The van der Waals surface area contributed by atoms with Gasteiger partial charge in [0.15, 0.2) is 0 Å². The fourth-order valence-electron chi connectivity index (χ4n) is 5.23. The fraction of sp³-hybridized carbons (Fsp3) is 0.486. The molecule has 0 bridgehead atoms. The van der Waals surface area contributed by atoms with E-state index in [4.69, 9.17) is 23.9 Å². The van der Waals surface area contributed by atoms with Crippen LogP contribution in [0.2, 0.25) is 0 Å². The molecule has 4 rings (SSSR count). The van der Waals surface area contributed by atoms with Gasteiger partial charge in [-0.25, -0.2) is 4.79 Å². The van der Waals surface area contributed by atoms with Crippen LogP contribution < -0.4 is 10.1 Å². The molecular formula is C37H48N2O6. The molecule has 0 unspecified atom stereocenters. The normalized spacial score (nSPS) is 15.8. The Balaban J connectivity index is 1.55. The number of rotatable bonds is 11. The van der Waals surface area contributed by atoms with Crippen LogP contribution in [0.3, 0.4) is 0 Å². The van der Waals surface area contributed by atoms with E-state index in [2.05, 4.69) is 23.5 Å². The maximum absolute atomic E-state index is 12.6. The minimum atomic E-state index is -0.586. The first kappa shape index (κ1) is 34.0. The number of amides is 1. The van der Waals surface area contributed by atoms with E-state index in [0.29, 0.717) is 12.4 Å². The first-order valence-corrected chi connectivity index (χ1v) is 15.9. The van der Waals surface area contributed by atoms with Crippen molar-refractivity contribution in [2.45, 2.75) is 111 Å². The lowest BCUT2D eigenvalue weighted by Gasteiger charge is -2.22. The maximum atomic E-state index is 12.6. The van der Waals surface area contributed by atoms with Gasteiger partial charge in [-0.1, -0.05) is 30.3 Å². The summed E-state index contributed by atoms with van der Waals surface area (Å²) in [6.07, 6.45) is 3.96. The summed E-state index contributed by atoms with van der Waals surface area (Å²) < 4.78 is 23.2. The Bertz CT molecular complexity index is 1450. The Morgan fingerprint density at radius 1 is 0.956 bits per heavy atom. The second kappa shape index (κ2) is 14.9. The largest absolute Gasteiger partial charge is 0.489 e. The molecule has 8 nitrogen and oxygen atoms in total. The summed E-state index contributed by atoms with van der Waals surface area (Å²) in [6.45, 7) is 14.1. The van der Waals surface area contributed by atoms with Crippen LogP contribution in [0.1, 0.15) is 96.2 Å². The lowest BCUT2D eigenvalue weighted by Crippen LogP contribution is -2.34. The molecule has 1 saturated heterocycles. The van der Waals surface area contributed by atoms with Crippen molar-refractivity contribution in [3.05, 3.63) is 83.0 Å². The molecule has 1 aliphatic rings. The number of aromatic nitrogens is 1. The van der Waals surface area contributed by atoms with Gasteiger partial charge < -0.3 is 24.3 Å². The monoisotopic (exact) mass is 616 g/mol. The van der Waals surface area contributed by atoms with Crippen molar-refractivity contribution in [2.24, 2.45) is 0 Å². The molecule has 1 amide bonds. The number of ether oxygens (including phenoxy) is 4. The zero-order valence-corrected chi connectivity index (χ0v) is 27.8. The topological polar surface area (TPSA) is 96.0 Å². The number of nitrogens with zero attached hydrogens (tertiary/aromatic N) is 1. The Morgan fingerprint density at radius 2 is 1.69 bits per heavy atom. The SMILES string of the molecule is C[C@@H](NC(=O)OC(C)(C)C)c1cccc(-c2cc(CC[C@H]3CCCO3)cc(COc3ccccc3CC(=O)OC(C)(C)C)c2)n1. The molecular weight excluding hydrogens is 568 g/mol. The molecule has 1 fully saturated rings. The van der Waals surface area contributed by atoms with E-state index in [1.165, 1.54) is 5.56 Å². The van der Waals surface area contributed by atoms with E-state index in [-0.39, 0.29) is 24.5 Å². The van der Waals surface area contributed by atoms with Gasteiger partial charge in [0, 0.05) is 17.7 Å². The van der Waals surface area contributed by atoms with Crippen molar-refractivity contribution in [3.63, 3.8) is 0 Å². The van der Waals surface area contributed by atoms with E-state index in [1.807, 2.05) is 90.9 Å². The predicted molar refractivity (Wildman–Crippen MR) is 175 cm³/mol. The lowest BCUT2D eigenvalue weighted by atomic mass is 9.98. The number of esters is 1. The summed E-state index contributed by atoms with van der Waals surface area (Å²) in [5, 5.41) is 2.88. The van der Waals surface area contributed by atoms with Crippen LogP contribution in [0, 0.1) is 0 Å². The average Bonchev–Trinajstić information content (AvgIpc) is 3.47. The summed E-state index contributed by atoms with van der Waals surface area (Å²) in [6, 6.07) is 19.5. The van der Waals surface area contributed by atoms with Gasteiger partial charge in [0.2, 0.25) is 0 Å². The van der Waals surface area contributed by atoms with Crippen molar-refractivity contribution >= 4 is 12.1 Å². The minimum absolute atomic E-state index is 0.131. The molecule has 242 valence electrons. The number of nitrogens with one attached hydrogen (secondary N) is 1. The van der Waals surface area contributed by atoms with Crippen molar-refractivity contribution in [3.8, 4) is 17.0 Å². The highest BCUT2D eigenvalue weighted by Gasteiger charge is 2.21. The Labute approximate surface area is 267 Å². The summed E-state index contributed by atoms with van der Waals surface area (Å²) in [5.74, 6) is 0.357. The maximum Gasteiger partial charge on any atom is 0.408 e. The highest BCUT2D eigenvalue weighted by atomic mass is 16.6. The molecule has 0 saturated carbocycles. The van der Waals surface area contributed by atoms with E-state index >= 15 is 0 Å². The smallest absolute Gasteiger partial charge is 0.408 e. The highest BCUT2D eigenvalue weighted by Crippen LogP contribution is 2.27. The summed E-state index contributed by atoms with van der Waals surface area (Å²) in [4.78, 5) is 29.9. The van der Waals surface area contributed by atoms with Gasteiger partial charge in [-0.2, -0.15) is 0 Å². The molecule has 2 aromatic carbocycles. The number of hydrogen-bond donors (Lipinski definition) is 1. The van der Waals surface area contributed by atoms with E-state index < -0.39 is 17.3 Å². The minimum Gasteiger partial charge on any atom is -0.489 e. The predicted octanol–water partition coefficient (Wildman–Crippen LogP) is 7.91. The number of carbonyl (C=O) groups is 2. The molecule has 0 radical (unpaired) electrons. The highest BCUT2D eigenvalue weighted by molar-refractivity contribution is 5.74. The number of para-hydroxylation sites is 1. The number of hydrogen-bond acceptors (Lipinski definition) is 7. The molecule has 45 heavy (non-hydrogen) atoms. The molecule has 0 aliphatic carbocycles. The summed E-state index contributed by atoms with van der Waals surface area (Å²) in [7, 11) is 0. The molecule has 1 N–H and O–H groups in total. The van der Waals surface area contributed by atoms with Crippen LogP contribution in [0.5, 0.6) is 5.75 Å². The van der Waals surface area contributed by atoms with Crippen molar-refractivity contribution in [1.29, 1.82) is 0 Å². The second-order valence-electron chi connectivity index (χ2n) is 13.7. The van der Waals surface area contributed by atoms with E-state index in [9.17, 15) is 9.59 Å². The Kier molecular flexibility index (Phi) is 11.3. The first-order valence-electron chi connectivity index (χ1n) is 15.9. The Hall–Kier alpha value is -3.91. The van der Waals surface area contributed by atoms with Crippen LogP contribution >= 0.6 is 0 Å². The molecule has 1 aliphatic heterocycles. The van der Waals surface area contributed by atoms with Crippen LogP contribution in [0.15, 0.2) is 60.7 Å². The third kappa shape index (κ3) is 11.2. The van der Waals surface area contributed by atoms with Crippen LogP contribution in [-0.4, -0.2) is 41.0 Å². The zero-order chi connectivity index (χ0) is 32.6. The fourth-order valence-corrected chi connectivity index (χ4v) is 5.23. The van der Waals surface area contributed by atoms with Gasteiger partial charge in [0.1, 0.15) is 23.6 Å². The number of alkyl carbamates (subject to hydrolysis) is 1. The van der Waals surface area contributed by atoms with Gasteiger partial charge in [0.25, 0.3) is 0 Å². The van der Waals surface area contributed by atoms with Gasteiger partial charge >= 0.3 is 12.1 Å². The van der Waals surface area contributed by atoms with Crippen molar-refractivity contribution in [2.75, 3.05) is 6.61 Å². The molecule has 8 heteroatoms. The molecule has 1 aromatic heterocycles. The average molecular weight is 617 g/mol. The molecule has 2 heterocycles. The first-order chi connectivity index (χ1) is 21.2. The third-order valence-corrected chi connectivity index (χ3v) is 7.20.